The smallest absolute Gasteiger partial charge is 0.255 e. The van der Waals surface area contributed by atoms with Crippen LogP contribution in [0.4, 0.5) is 0 Å². The van der Waals surface area contributed by atoms with Crippen LogP contribution in [0.1, 0.15) is 48.9 Å². The molecule has 0 bridgehead atoms. The van der Waals surface area contributed by atoms with Crippen LogP contribution in [0.2, 0.25) is 0 Å². The van der Waals surface area contributed by atoms with E-state index in [2.05, 4.69) is 10.3 Å². The number of carbonyl (C=O) groups is 1. The van der Waals surface area contributed by atoms with E-state index >= 15 is 0 Å². The predicted octanol–water partition coefficient (Wildman–Crippen LogP) is 2.59. The van der Waals surface area contributed by atoms with Gasteiger partial charge in [0, 0.05) is 23.5 Å². The van der Waals surface area contributed by atoms with Crippen molar-refractivity contribution in [3.63, 3.8) is 0 Å². The third kappa shape index (κ3) is 3.67. The van der Waals surface area contributed by atoms with E-state index in [1.807, 2.05) is 6.07 Å². The fourth-order valence-electron chi connectivity index (χ4n) is 3.58. The number of aromatic nitrogens is 1. The molecule has 2 aromatic rings. The van der Waals surface area contributed by atoms with Crippen molar-refractivity contribution in [3.05, 3.63) is 46.4 Å². The molecule has 1 aliphatic rings. The minimum atomic E-state index is -0.187. The number of pyridine rings is 1. The van der Waals surface area contributed by atoms with Gasteiger partial charge in [0.15, 0.2) is 0 Å². The highest BCUT2D eigenvalue weighted by molar-refractivity contribution is 6.06. The van der Waals surface area contributed by atoms with Gasteiger partial charge in [-0.2, -0.15) is 0 Å². The van der Waals surface area contributed by atoms with E-state index in [0.29, 0.717) is 28.8 Å². The third-order valence-electron chi connectivity index (χ3n) is 4.96. The first-order valence-electron chi connectivity index (χ1n) is 8.73. The number of H-pyrrole nitrogens is 1. The first-order chi connectivity index (χ1) is 11.7. The number of aliphatic hydroxyl groups excluding tert-OH is 1. The molecular formula is C19H24N2O3. The van der Waals surface area contributed by atoms with Gasteiger partial charge in [-0.05, 0) is 37.7 Å². The van der Waals surface area contributed by atoms with Crippen LogP contribution in [0, 0.1) is 5.92 Å². The molecule has 3 N–H and O–H groups in total. The lowest BCUT2D eigenvalue weighted by Crippen LogP contribution is -2.28. The average Bonchev–Trinajstić information content (AvgIpc) is 2.60. The van der Waals surface area contributed by atoms with Gasteiger partial charge in [0.25, 0.3) is 11.5 Å². The van der Waals surface area contributed by atoms with Gasteiger partial charge in [0.05, 0.1) is 11.7 Å². The molecule has 3 rings (SSSR count). The van der Waals surface area contributed by atoms with Gasteiger partial charge >= 0.3 is 0 Å². The van der Waals surface area contributed by atoms with Gasteiger partial charge in [-0.25, -0.2) is 0 Å². The van der Waals surface area contributed by atoms with Gasteiger partial charge in [-0.3, -0.25) is 9.59 Å². The van der Waals surface area contributed by atoms with E-state index in [4.69, 9.17) is 0 Å². The Labute approximate surface area is 141 Å². The molecule has 1 saturated carbocycles. The van der Waals surface area contributed by atoms with Crippen LogP contribution in [0.5, 0.6) is 0 Å². The van der Waals surface area contributed by atoms with Crippen LogP contribution in [-0.2, 0) is 0 Å². The summed E-state index contributed by atoms with van der Waals surface area (Å²) in [4.78, 5) is 26.8. The minimum Gasteiger partial charge on any atom is -0.393 e. The van der Waals surface area contributed by atoms with Crippen LogP contribution in [0.15, 0.2) is 35.3 Å². The molecule has 128 valence electrons. The Balaban J connectivity index is 1.58. The number of fused-ring (bicyclic) bond motifs is 1. The molecule has 1 fully saturated rings. The molecule has 1 aliphatic carbocycles. The zero-order chi connectivity index (χ0) is 16.9. The van der Waals surface area contributed by atoms with Gasteiger partial charge < -0.3 is 15.4 Å². The van der Waals surface area contributed by atoms with E-state index in [1.54, 1.807) is 18.2 Å². The maximum Gasteiger partial charge on any atom is 0.255 e. The number of hydrogen-bond donors (Lipinski definition) is 3. The van der Waals surface area contributed by atoms with Crippen molar-refractivity contribution in [2.24, 2.45) is 5.92 Å². The molecule has 2 atom stereocenters. The van der Waals surface area contributed by atoms with Crippen LogP contribution in [0.25, 0.3) is 10.8 Å². The minimum absolute atomic E-state index is 0.174. The normalized spacial score (nSPS) is 20.9. The summed E-state index contributed by atoms with van der Waals surface area (Å²) in [5, 5.41) is 14.1. The molecule has 1 aromatic heterocycles. The molecule has 5 heteroatoms. The summed E-state index contributed by atoms with van der Waals surface area (Å²) >= 11 is 0. The third-order valence-corrected chi connectivity index (χ3v) is 4.96. The highest BCUT2D eigenvalue weighted by atomic mass is 16.3. The second kappa shape index (κ2) is 7.62. The largest absolute Gasteiger partial charge is 0.393 e. The SMILES string of the molecule is O=C(NCCC[C@H]1CCCC[C@@H]1O)c1c[nH]c(=O)c2ccccc12. The highest BCUT2D eigenvalue weighted by Gasteiger charge is 2.22. The maximum atomic E-state index is 12.4. The Morgan fingerprint density at radius 3 is 2.75 bits per heavy atom. The summed E-state index contributed by atoms with van der Waals surface area (Å²) in [5.74, 6) is 0.191. The first kappa shape index (κ1) is 16.7. The number of amides is 1. The molecule has 0 unspecified atom stereocenters. The lowest BCUT2D eigenvalue weighted by Gasteiger charge is -2.27. The van der Waals surface area contributed by atoms with Crippen molar-refractivity contribution in [2.45, 2.75) is 44.6 Å². The molecule has 1 aromatic carbocycles. The number of carbonyl (C=O) groups excluding carboxylic acids is 1. The fraction of sp³-hybridized carbons (Fsp3) is 0.474. The highest BCUT2D eigenvalue weighted by Crippen LogP contribution is 2.27. The summed E-state index contributed by atoms with van der Waals surface area (Å²) < 4.78 is 0. The van der Waals surface area contributed by atoms with Crippen molar-refractivity contribution in [1.29, 1.82) is 0 Å². The summed E-state index contributed by atoms with van der Waals surface area (Å²) in [7, 11) is 0. The Morgan fingerprint density at radius 1 is 1.21 bits per heavy atom. The number of hydrogen-bond acceptors (Lipinski definition) is 3. The molecule has 1 heterocycles. The molecule has 0 spiro atoms. The zero-order valence-corrected chi connectivity index (χ0v) is 13.8. The van der Waals surface area contributed by atoms with E-state index in [1.165, 1.54) is 12.6 Å². The molecule has 0 aliphatic heterocycles. The number of aliphatic hydroxyl groups is 1. The Kier molecular flexibility index (Phi) is 5.30. The van der Waals surface area contributed by atoms with E-state index in [-0.39, 0.29) is 17.6 Å². The summed E-state index contributed by atoms with van der Waals surface area (Å²) in [6, 6.07) is 7.12. The quantitative estimate of drug-likeness (QED) is 0.738. The second-order valence-electron chi connectivity index (χ2n) is 6.59. The molecule has 0 saturated heterocycles. The molecule has 1 amide bonds. The first-order valence-corrected chi connectivity index (χ1v) is 8.73. The number of benzene rings is 1. The van der Waals surface area contributed by atoms with Gasteiger partial charge in [0.1, 0.15) is 0 Å². The van der Waals surface area contributed by atoms with Gasteiger partial charge in [0.2, 0.25) is 0 Å². The van der Waals surface area contributed by atoms with E-state index in [9.17, 15) is 14.7 Å². The monoisotopic (exact) mass is 328 g/mol. The number of rotatable bonds is 5. The van der Waals surface area contributed by atoms with Crippen molar-refractivity contribution in [1.82, 2.24) is 10.3 Å². The van der Waals surface area contributed by atoms with Gasteiger partial charge in [-0.1, -0.05) is 31.0 Å². The van der Waals surface area contributed by atoms with Crippen LogP contribution < -0.4 is 10.9 Å². The topological polar surface area (TPSA) is 82.2 Å². The molecule has 0 radical (unpaired) electrons. The molecule has 5 nitrogen and oxygen atoms in total. The lowest BCUT2D eigenvalue weighted by atomic mass is 9.83. The van der Waals surface area contributed by atoms with Crippen molar-refractivity contribution in [2.75, 3.05) is 6.54 Å². The Bertz CT molecular complexity index is 769. The number of aromatic amines is 1. The van der Waals surface area contributed by atoms with Crippen LogP contribution in [-0.4, -0.2) is 28.6 Å². The molecular weight excluding hydrogens is 304 g/mol. The summed E-state index contributed by atoms with van der Waals surface area (Å²) in [6.45, 7) is 0.579. The lowest BCUT2D eigenvalue weighted by molar-refractivity contribution is 0.0641. The zero-order valence-electron chi connectivity index (χ0n) is 13.8. The van der Waals surface area contributed by atoms with Gasteiger partial charge in [-0.15, -0.1) is 0 Å². The van der Waals surface area contributed by atoms with Crippen LogP contribution >= 0.6 is 0 Å². The fourth-order valence-corrected chi connectivity index (χ4v) is 3.58. The van der Waals surface area contributed by atoms with E-state index < -0.39 is 0 Å². The van der Waals surface area contributed by atoms with E-state index in [0.717, 1.165) is 32.1 Å². The standard InChI is InChI=1S/C19H24N2O3/c22-17-10-4-1-6-13(17)7-5-11-20-19(24)16-12-21-18(23)15-9-3-2-8-14(15)16/h2-3,8-9,12-13,17,22H,1,4-7,10-11H2,(H,20,24)(H,21,23)/t13-,17+/m1/s1. The Morgan fingerprint density at radius 2 is 1.96 bits per heavy atom. The predicted molar refractivity (Wildman–Crippen MR) is 94.1 cm³/mol. The maximum absolute atomic E-state index is 12.4. The van der Waals surface area contributed by atoms with Crippen molar-refractivity contribution in [3.8, 4) is 0 Å². The average molecular weight is 328 g/mol. The van der Waals surface area contributed by atoms with Crippen molar-refractivity contribution >= 4 is 16.7 Å². The van der Waals surface area contributed by atoms with Crippen LogP contribution in [0.3, 0.4) is 0 Å². The summed E-state index contributed by atoms with van der Waals surface area (Å²) in [5.41, 5.74) is 0.302. The Hall–Kier alpha value is -2.14. The van der Waals surface area contributed by atoms with Crippen molar-refractivity contribution < 1.29 is 9.90 Å². The summed E-state index contributed by atoms with van der Waals surface area (Å²) in [6.07, 6.45) is 7.39. The molecule has 24 heavy (non-hydrogen) atoms. The second-order valence-corrected chi connectivity index (χ2v) is 6.59. The number of nitrogens with one attached hydrogen (secondary N) is 2.